The molecule has 0 fully saturated rings. The van der Waals surface area contributed by atoms with Crippen LogP contribution in [0.3, 0.4) is 0 Å². The summed E-state index contributed by atoms with van der Waals surface area (Å²) in [6.45, 7) is 1.28. The molecule has 0 radical (unpaired) electrons. The minimum Gasteiger partial charge on any atom is -0.411 e. The smallest absolute Gasteiger partial charge is 0.338 e. The number of carbonyl (C=O) groups excluding carboxylic acids is 1. The maximum atomic E-state index is 10.4. The number of esters is 1. The molecule has 10 heavy (non-hydrogen) atoms. The van der Waals surface area contributed by atoms with Gasteiger partial charge < -0.3 is 9.47 Å². The molecule has 0 bridgehead atoms. The van der Waals surface area contributed by atoms with Crippen molar-refractivity contribution in [3.05, 3.63) is 0 Å². The Morgan fingerprint density at radius 3 is 2.40 bits per heavy atom. The van der Waals surface area contributed by atoms with Crippen molar-refractivity contribution in [3.8, 4) is 0 Å². The van der Waals surface area contributed by atoms with Crippen molar-refractivity contribution in [2.45, 2.75) is 6.92 Å². The van der Waals surface area contributed by atoms with Crippen molar-refractivity contribution in [2.24, 2.45) is 0 Å². The predicted molar refractivity (Wildman–Crippen MR) is 38.6 cm³/mol. The number of rotatable bonds is 2. The van der Waals surface area contributed by atoms with Gasteiger partial charge in [-0.15, -0.1) is 12.4 Å². The summed E-state index contributed by atoms with van der Waals surface area (Å²) in [5, 5.41) is 6.70. The molecule has 4 nitrogen and oxygen atoms in total. The number of nitrogens with one attached hydrogen (secondary N) is 1. The molecule has 0 aromatic carbocycles. The van der Waals surface area contributed by atoms with Crippen LogP contribution in [0.5, 0.6) is 0 Å². The number of hydrogen-bond acceptors (Lipinski definition) is 4. The molecule has 0 heterocycles. The normalized spacial score (nSPS) is 7.80. The summed E-state index contributed by atoms with van der Waals surface area (Å²) in [5.41, 5.74) is 0. The average molecular weight is 168 g/mol. The van der Waals surface area contributed by atoms with E-state index >= 15 is 0 Å². The van der Waals surface area contributed by atoms with Crippen molar-refractivity contribution < 1.29 is 14.3 Å². The minimum absolute atomic E-state index is 0. The Kier molecular flexibility index (Phi) is 7.88. The highest BCUT2D eigenvalue weighted by molar-refractivity contribution is 5.86. The maximum Gasteiger partial charge on any atom is 0.338 e. The Morgan fingerprint density at radius 2 is 2.10 bits per heavy atom. The van der Waals surface area contributed by atoms with Gasteiger partial charge >= 0.3 is 5.97 Å². The van der Waals surface area contributed by atoms with Crippen LogP contribution in [-0.2, 0) is 14.3 Å². The fourth-order valence-corrected chi connectivity index (χ4v) is 0.318. The monoisotopic (exact) mass is 167 g/mol. The zero-order chi connectivity index (χ0) is 7.28. The molecule has 0 atom stereocenters. The molecule has 0 amide bonds. The molecule has 0 aliphatic heterocycles. The van der Waals surface area contributed by atoms with Crippen LogP contribution in [0.25, 0.3) is 0 Å². The van der Waals surface area contributed by atoms with Crippen LogP contribution >= 0.6 is 12.4 Å². The van der Waals surface area contributed by atoms with E-state index in [-0.39, 0.29) is 24.9 Å². The highest BCUT2D eigenvalue weighted by Gasteiger charge is 2.00. The van der Waals surface area contributed by atoms with E-state index in [0.717, 1.165) is 0 Å². The third kappa shape index (κ3) is 7.39. The molecular weight excluding hydrogens is 158 g/mol. The average Bonchev–Trinajstić information content (AvgIpc) is 1.63. The zero-order valence-corrected chi connectivity index (χ0v) is 6.66. The molecule has 0 aliphatic carbocycles. The molecule has 0 aromatic rings. The number of ether oxygens (including phenoxy) is 2. The van der Waals surface area contributed by atoms with E-state index in [1.54, 1.807) is 0 Å². The maximum absolute atomic E-state index is 10.4. The SMILES string of the molecule is COCC(=O)OC(C)=N.Cl. The largest absolute Gasteiger partial charge is 0.411 e. The molecule has 0 aliphatic rings. The molecule has 1 N–H and O–H groups in total. The first kappa shape index (κ1) is 12.1. The van der Waals surface area contributed by atoms with E-state index in [1.807, 2.05) is 0 Å². The van der Waals surface area contributed by atoms with Gasteiger partial charge in [0, 0.05) is 14.0 Å². The van der Waals surface area contributed by atoms with Crippen molar-refractivity contribution in [3.63, 3.8) is 0 Å². The third-order valence-electron chi connectivity index (χ3n) is 0.529. The van der Waals surface area contributed by atoms with Crippen molar-refractivity contribution >= 4 is 24.3 Å². The van der Waals surface area contributed by atoms with Gasteiger partial charge in [0.15, 0.2) is 5.90 Å². The molecule has 0 unspecified atom stereocenters. The number of halogens is 1. The van der Waals surface area contributed by atoms with Crippen LogP contribution < -0.4 is 0 Å². The summed E-state index contributed by atoms with van der Waals surface area (Å²) in [5.74, 6) is -0.651. The summed E-state index contributed by atoms with van der Waals surface area (Å²) in [4.78, 5) is 10.4. The molecule has 60 valence electrons. The molecule has 0 aromatic heterocycles. The van der Waals surface area contributed by atoms with E-state index in [2.05, 4.69) is 9.47 Å². The predicted octanol–water partition coefficient (Wildman–Crippen LogP) is 0.595. The Morgan fingerprint density at radius 1 is 1.60 bits per heavy atom. The Hall–Kier alpha value is -0.610. The molecular formula is C5H10ClNO3. The number of methoxy groups -OCH3 is 1. The second-order valence-electron chi connectivity index (χ2n) is 1.46. The summed E-state index contributed by atoms with van der Waals surface area (Å²) < 4.78 is 8.74. The molecule has 0 rings (SSSR count). The van der Waals surface area contributed by atoms with E-state index in [9.17, 15) is 4.79 Å². The van der Waals surface area contributed by atoms with Gasteiger partial charge in [-0.3, -0.25) is 5.41 Å². The number of hydrogen-bond donors (Lipinski definition) is 1. The topological polar surface area (TPSA) is 59.4 Å². The van der Waals surface area contributed by atoms with Crippen LogP contribution in [0.4, 0.5) is 0 Å². The van der Waals surface area contributed by atoms with E-state index in [0.29, 0.717) is 0 Å². The quantitative estimate of drug-likeness (QED) is 0.372. The van der Waals surface area contributed by atoms with Gasteiger partial charge in [0.25, 0.3) is 0 Å². The van der Waals surface area contributed by atoms with E-state index in [1.165, 1.54) is 14.0 Å². The van der Waals surface area contributed by atoms with Crippen LogP contribution in [0.15, 0.2) is 0 Å². The second kappa shape index (κ2) is 6.51. The molecule has 0 spiro atoms. The summed E-state index contributed by atoms with van der Waals surface area (Å²) >= 11 is 0. The summed E-state index contributed by atoms with van der Waals surface area (Å²) in [7, 11) is 1.39. The van der Waals surface area contributed by atoms with Gasteiger partial charge in [0.2, 0.25) is 0 Å². The Balaban J connectivity index is 0. The standard InChI is InChI=1S/C5H9NO3.ClH/c1-4(6)9-5(7)3-8-2;/h6H,3H2,1-2H3;1H. The zero-order valence-electron chi connectivity index (χ0n) is 5.84. The Labute approximate surface area is 65.4 Å². The number of carbonyl (C=O) groups is 1. The molecule has 0 saturated carbocycles. The summed E-state index contributed by atoms with van der Waals surface area (Å²) in [6, 6.07) is 0. The van der Waals surface area contributed by atoms with Crippen LogP contribution in [-0.4, -0.2) is 25.6 Å². The lowest BCUT2D eigenvalue weighted by atomic mass is 10.7. The third-order valence-corrected chi connectivity index (χ3v) is 0.529. The fourth-order valence-electron chi connectivity index (χ4n) is 0.318. The fraction of sp³-hybridized carbons (Fsp3) is 0.600. The van der Waals surface area contributed by atoms with Crippen molar-refractivity contribution in [1.29, 1.82) is 5.41 Å². The van der Waals surface area contributed by atoms with Crippen LogP contribution in [0, 0.1) is 5.41 Å². The first-order valence-corrected chi connectivity index (χ1v) is 2.41. The van der Waals surface area contributed by atoms with E-state index < -0.39 is 5.97 Å². The lowest BCUT2D eigenvalue weighted by Gasteiger charge is -1.97. The van der Waals surface area contributed by atoms with E-state index in [4.69, 9.17) is 5.41 Å². The lowest BCUT2D eigenvalue weighted by Crippen LogP contribution is -2.13. The van der Waals surface area contributed by atoms with Crippen LogP contribution in [0.2, 0.25) is 0 Å². The van der Waals surface area contributed by atoms with Gasteiger partial charge in [-0.1, -0.05) is 0 Å². The first-order chi connectivity index (χ1) is 4.16. The van der Waals surface area contributed by atoms with Gasteiger partial charge in [0.05, 0.1) is 0 Å². The van der Waals surface area contributed by atoms with Gasteiger partial charge in [-0.05, 0) is 0 Å². The van der Waals surface area contributed by atoms with Crippen LogP contribution in [0.1, 0.15) is 6.92 Å². The first-order valence-electron chi connectivity index (χ1n) is 2.41. The van der Waals surface area contributed by atoms with Gasteiger partial charge in [-0.2, -0.15) is 0 Å². The highest BCUT2D eigenvalue weighted by atomic mass is 35.5. The molecule has 0 saturated heterocycles. The Bertz CT molecular complexity index is 126. The summed E-state index contributed by atoms with van der Waals surface area (Å²) in [6.07, 6.45) is 0. The minimum atomic E-state index is -0.537. The van der Waals surface area contributed by atoms with Crippen molar-refractivity contribution in [1.82, 2.24) is 0 Å². The highest BCUT2D eigenvalue weighted by Crippen LogP contribution is 1.79. The lowest BCUT2D eigenvalue weighted by molar-refractivity contribution is -0.139. The van der Waals surface area contributed by atoms with Gasteiger partial charge in [0.1, 0.15) is 6.61 Å². The van der Waals surface area contributed by atoms with Crippen molar-refractivity contribution in [2.75, 3.05) is 13.7 Å². The van der Waals surface area contributed by atoms with Gasteiger partial charge in [-0.25, -0.2) is 4.79 Å². The second-order valence-corrected chi connectivity index (χ2v) is 1.46. The molecule has 5 heteroatoms.